The molecule has 0 spiro atoms. The number of oxazole rings is 1. The van der Waals surface area contributed by atoms with Crippen LogP contribution in [0.25, 0.3) is 33.7 Å². The average Bonchev–Trinajstić information content (AvgIpc) is 3.10. The standard InChI is InChI=1S/C20H13F3N2O3S/c21-20(22,23)15-7-8-18-17(11-15)25-19(28-18)14-5-1-3-12(9-14)13-4-2-6-16(10-13)29(24,26)27/h1-11H,(H2,24,26,27). The lowest BCUT2D eigenvalue weighted by Crippen LogP contribution is -2.11. The second-order valence-electron chi connectivity index (χ2n) is 6.35. The first-order valence-electron chi connectivity index (χ1n) is 8.33. The zero-order valence-electron chi connectivity index (χ0n) is 14.6. The number of alkyl halides is 3. The molecule has 29 heavy (non-hydrogen) atoms. The molecule has 4 aromatic rings. The topological polar surface area (TPSA) is 86.2 Å². The van der Waals surface area contributed by atoms with Crippen LogP contribution in [0, 0.1) is 0 Å². The smallest absolute Gasteiger partial charge is 0.416 e. The lowest BCUT2D eigenvalue weighted by Gasteiger charge is -2.05. The van der Waals surface area contributed by atoms with E-state index >= 15 is 0 Å². The van der Waals surface area contributed by atoms with Gasteiger partial charge in [-0.25, -0.2) is 18.5 Å². The van der Waals surface area contributed by atoms with Gasteiger partial charge in [0, 0.05) is 5.56 Å². The highest BCUT2D eigenvalue weighted by Gasteiger charge is 2.31. The highest BCUT2D eigenvalue weighted by atomic mass is 32.2. The molecule has 0 atom stereocenters. The third kappa shape index (κ3) is 3.87. The van der Waals surface area contributed by atoms with Gasteiger partial charge in [-0.1, -0.05) is 24.3 Å². The van der Waals surface area contributed by atoms with Crippen molar-refractivity contribution in [2.75, 3.05) is 0 Å². The predicted octanol–water partition coefficient (Wildman–Crippen LogP) is 4.83. The molecule has 148 valence electrons. The molecule has 0 unspecified atom stereocenters. The number of hydrogen-bond donors (Lipinski definition) is 1. The van der Waals surface area contributed by atoms with Crippen LogP contribution in [0.15, 0.2) is 76.0 Å². The SMILES string of the molecule is NS(=O)(=O)c1cccc(-c2cccc(-c3nc4cc(C(F)(F)F)ccc4o3)c2)c1. The molecule has 3 aromatic carbocycles. The summed E-state index contributed by atoms with van der Waals surface area (Å²) in [5.41, 5.74) is 1.33. The van der Waals surface area contributed by atoms with Crippen molar-refractivity contribution in [2.24, 2.45) is 5.14 Å². The largest absolute Gasteiger partial charge is 0.436 e. The molecule has 1 heterocycles. The Morgan fingerprint density at radius 1 is 0.862 bits per heavy atom. The third-order valence-electron chi connectivity index (χ3n) is 4.32. The molecule has 4 rings (SSSR count). The number of benzene rings is 3. The number of primary sulfonamides is 1. The maximum absolute atomic E-state index is 12.9. The van der Waals surface area contributed by atoms with Crippen molar-refractivity contribution in [2.45, 2.75) is 11.1 Å². The van der Waals surface area contributed by atoms with E-state index in [9.17, 15) is 21.6 Å². The van der Waals surface area contributed by atoms with E-state index in [1.807, 2.05) is 0 Å². The third-order valence-corrected chi connectivity index (χ3v) is 5.23. The number of nitrogens with zero attached hydrogens (tertiary/aromatic N) is 1. The van der Waals surface area contributed by atoms with Gasteiger partial charge in [0.15, 0.2) is 5.58 Å². The highest BCUT2D eigenvalue weighted by Crippen LogP contribution is 2.33. The van der Waals surface area contributed by atoms with Gasteiger partial charge in [-0.2, -0.15) is 13.2 Å². The second kappa shape index (κ2) is 6.71. The van der Waals surface area contributed by atoms with Crippen LogP contribution in [0.3, 0.4) is 0 Å². The molecule has 1 aromatic heterocycles. The van der Waals surface area contributed by atoms with Crippen LogP contribution in [-0.2, 0) is 16.2 Å². The highest BCUT2D eigenvalue weighted by molar-refractivity contribution is 7.89. The Labute approximate surface area is 163 Å². The maximum Gasteiger partial charge on any atom is 0.416 e. The van der Waals surface area contributed by atoms with E-state index in [2.05, 4.69) is 4.98 Å². The molecular weight excluding hydrogens is 405 g/mol. The summed E-state index contributed by atoms with van der Waals surface area (Å²) in [5.74, 6) is 0.156. The summed E-state index contributed by atoms with van der Waals surface area (Å²) in [6.45, 7) is 0. The molecule has 0 saturated heterocycles. The van der Waals surface area contributed by atoms with E-state index < -0.39 is 21.8 Å². The Balaban J connectivity index is 1.76. The Kier molecular flexibility index (Phi) is 4.44. The first-order valence-corrected chi connectivity index (χ1v) is 9.87. The van der Waals surface area contributed by atoms with E-state index in [0.29, 0.717) is 16.7 Å². The van der Waals surface area contributed by atoms with Gasteiger partial charge in [-0.05, 0) is 53.6 Å². The number of rotatable bonds is 3. The summed E-state index contributed by atoms with van der Waals surface area (Å²) in [6.07, 6.45) is -4.47. The van der Waals surface area contributed by atoms with Gasteiger partial charge in [-0.3, -0.25) is 0 Å². The predicted molar refractivity (Wildman–Crippen MR) is 101 cm³/mol. The fourth-order valence-electron chi connectivity index (χ4n) is 2.91. The quantitative estimate of drug-likeness (QED) is 0.516. The normalized spacial score (nSPS) is 12.4. The van der Waals surface area contributed by atoms with Gasteiger partial charge >= 0.3 is 6.18 Å². The molecule has 2 N–H and O–H groups in total. The Morgan fingerprint density at radius 3 is 2.21 bits per heavy atom. The fourth-order valence-corrected chi connectivity index (χ4v) is 3.47. The Hall–Kier alpha value is -3.17. The molecule has 9 heteroatoms. The van der Waals surface area contributed by atoms with E-state index in [-0.39, 0.29) is 21.9 Å². The van der Waals surface area contributed by atoms with Gasteiger partial charge in [0.05, 0.1) is 10.5 Å². The molecule has 0 bridgehead atoms. The minimum atomic E-state index is -4.47. The molecule has 0 fully saturated rings. The number of hydrogen-bond acceptors (Lipinski definition) is 4. The Bertz CT molecular complexity index is 1330. The molecule has 0 saturated carbocycles. The maximum atomic E-state index is 12.9. The molecular formula is C20H13F3N2O3S. The van der Waals surface area contributed by atoms with Crippen LogP contribution < -0.4 is 5.14 Å². The number of nitrogens with two attached hydrogens (primary N) is 1. The van der Waals surface area contributed by atoms with Crippen LogP contribution in [0.5, 0.6) is 0 Å². The van der Waals surface area contributed by atoms with Crippen LogP contribution in [-0.4, -0.2) is 13.4 Å². The lowest BCUT2D eigenvalue weighted by atomic mass is 10.0. The van der Waals surface area contributed by atoms with Crippen LogP contribution >= 0.6 is 0 Å². The van der Waals surface area contributed by atoms with Crippen molar-refractivity contribution < 1.29 is 26.0 Å². The monoisotopic (exact) mass is 418 g/mol. The first-order chi connectivity index (χ1) is 13.6. The molecule has 0 amide bonds. The fraction of sp³-hybridized carbons (Fsp3) is 0.0500. The summed E-state index contributed by atoms with van der Waals surface area (Å²) in [6, 6.07) is 16.1. The van der Waals surface area contributed by atoms with Crippen molar-refractivity contribution in [1.82, 2.24) is 4.98 Å². The molecule has 0 radical (unpaired) electrons. The van der Waals surface area contributed by atoms with Crippen molar-refractivity contribution >= 4 is 21.1 Å². The summed E-state index contributed by atoms with van der Waals surface area (Å²) in [5, 5.41) is 5.18. The summed E-state index contributed by atoms with van der Waals surface area (Å²) < 4.78 is 67.4. The number of fused-ring (bicyclic) bond motifs is 1. The molecule has 0 aliphatic heterocycles. The summed E-state index contributed by atoms with van der Waals surface area (Å²) >= 11 is 0. The average molecular weight is 418 g/mol. The molecule has 5 nitrogen and oxygen atoms in total. The van der Waals surface area contributed by atoms with Gasteiger partial charge in [0.1, 0.15) is 5.52 Å². The lowest BCUT2D eigenvalue weighted by molar-refractivity contribution is -0.137. The first kappa shape index (κ1) is 19.2. The van der Waals surface area contributed by atoms with Crippen LogP contribution in [0.2, 0.25) is 0 Å². The van der Waals surface area contributed by atoms with Crippen molar-refractivity contribution in [3.05, 3.63) is 72.3 Å². The summed E-state index contributed by atoms with van der Waals surface area (Å²) in [7, 11) is -3.85. The van der Waals surface area contributed by atoms with Crippen molar-refractivity contribution in [3.63, 3.8) is 0 Å². The van der Waals surface area contributed by atoms with E-state index in [1.54, 1.807) is 36.4 Å². The van der Waals surface area contributed by atoms with Gasteiger partial charge in [0.2, 0.25) is 15.9 Å². The number of aromatic nitrogens is 1. The number of halogens is 3. The summed E-state index contributed by atoms with van der Waals surface area (Å²) in [4.78, 5) is 4.14. The van der Waals surface area contributed by atoms with Gasteiger partial charge in [0.25, 0.3) is 0 Å². The zero-order chi connectivity index (χ0) is 20.8. The van der Waals surface area contributed by atoms with Crippen LogP contribution in [0.1, 0.15) is 5.56 Å². The second-order valence-corrected chi connectivity index (χ2v) is 7.91. The minimum absolute atomic E-state index is 0.0260. The van der Waals surface area contributed by atoms with E-state index in [1.165, 1.54) is 18.2 Å². The minimum Gasteiger partial charge on any atom is -0.436 e. The number of sulfonamides is 1. The van der Waals surface area contributed by atoms with E-state index in [4.69, 9.17) is 9.56 Å². The van der Waals surface area contributed by atoms with Crippen molar-refractivity contribution in [1.29, 1.82) is 0 Å². The van der Waals surface area contributed by atoms with Crippen molar-refractivity contribution in [3.8, 4) is 22.6 Å². The van der Waals surface area contributed by atoms with Crippen LogP contribution in [0.4, 0.5) is 13.2 Å². The molecule has 0 aliphatic carbocycles. The Morgan fingerprint density at radius 2 is 1.52 bits per heavy atom. The molecule has 0 aliphatic rings. The van der Waals surface area contributed by atoms with E-state index in [0.717, 1.165) is 12.1 Å². The zero-order valence-corrected chi connectivity index (χ0v) is 15.5. The van der Waals surface area contributed by atoms with Gasteiger partial charge in [-0.15, -0.1) is 0 Å². The van der Waals surface area contributed by atoms with Gasteiger partial charge < -0.3 is 4.42 Å².